The number of para-hydroxylation sites is 2. The normalized spacial score (nSPS) is 12.7. The number of hydrogen-bond donors (Lipinski definition) is 0. The molecule has 0 saturated carbocycles. The van der Waals surface area contributed by atoms with E-state index in [1.165, 1.54) is 0 Å². The maximum absolute atomic E-state index is 5.74. The van der Waals surface area contributed by atoms with Gasteiger partial charge in [0.2, 0.25) is 5.88 Å². The summed E-state index contributed by atoms with van der Waals surface area (Å²) in [6.45, 7) is 0. The summed E-state index contributed by atoms with van der Waals surface area (Å²) in [5, 5.41) is 0. The molecule has 0 saturated heterocycles. The van der Waals surface area contributed by atoms with Crippen molar-refractivity contribution in [1.82, 2.24) is 0 Å². The number of nitrogens with zero attached hydrogens (tertiary/aromatic N) is 1. The fraction of sp³-hybridized carbons (Fsp3) is 0.0625. The molecule has 1 heterocycles. The highest BCUT2D eigenvalue weighted by atomic mass is 16.5. The second-order valence-corrected chi connectivity index (χ2v) is 4.13. The standard InChI is InChI=1S/C16H13NO/c1-17-14-9-5-6-10-15(14)18-16(17)12-11-13-7-3-2-4-8-13/h2-11H,1H3. The number of ether oxygens (including phenoxy) is 1. The van der Waals surface area contributed by atoms with Crippen LogP contribution in [0.3, 0.4) is 0 Å². The lowest BCUT2D eigenvalue weighted by molar-refractivity contribution is 0.445. The third-order valence-electron chi connectivity index (χ3n) is 2.90. The minimum absolute atomic E-state index is 0.722. The van der Waals surface area contributed by atoms with E-state index in [4.69, 9.17) is 4.74 Å². The van der Waals surface area contributed by atoms with Crippen molar-refractivity contribution in [3.63, 3.8) is 0 Å². The third kappa shape index (κ3) is 1.90. The molecule has 2 aromatic carbocycles. The molecule has 0 N–H and O–H groups in total. The lowest BCUT2D eigenvalue weighted by atomic mass is 10.2. The number of fused-ring (bicyclic) bond motifs is 1. The van der Waals surface area contributed by atoms with Crippen molar-refractivity contribution in [2.45, 2.75) is 0 Å². The van der Waals surface area contributed by atoms with Gasteiger partial charge in [-0.2, -0.15) is 0 Å². The van der Waals surface area contributed by atoms with Gasteiger partial charge in [0.05, 0.1) is 5.69 Å². The van der Waals surface area contributed by atoms with E-state index in [2.05, 4.69) is 5.73 Å². The van der Waals surface area contributed by atoms with E-state index in [9.17, 15) is 0 Å². The van der Waals surface area contributed by atoms with E-state index in [0.29, 0.717) is 0 Å². The second-order valence-electron chi connectivity index (χ2n) is 4.13. The van der Waals surface area contributed by atoms with Crippen LogP contribution in [-0.2, 0) is 0 Å². The minimum atomic E-state index is 0.722. The van der Waals surface area contributed by atoms with Crippen molar-refractivity contribution < 1.29 is 4.74 Å². The van der Waals surface area contributed by atoms with Crippen LogP contribution in [-0.4, -0.2) is 7.05 Å². The molecule has 0 radical (unpaired) electrons. The highest BCUT2D eigenvalue weighted by molar-refractivity contribution is 5.66. The molecular formula is C16H13NO. The molecule has 2 nitrogen and oxygen atoms in total. The van der Waals surface area contributed by atoms with Gasteiger partial charge in [0.25, 0.3) is 0 Å². The first-order valence-electron chi connectivity index (χ1n) is 5.87. The van der Waals surface area contributed by atoms with Gasteiger partial charge in [0.15, 0.2) is 5.75 Å². The average molecular weight is 235 g/mol. The summed E-state index contributed by atoms with van der Waals surface area (Å²) in [6.07, 6.45) is 1.93. The molecule has 0 spiro atoms. The van der Waals surface area contributed by atoms with Crippen molar-refractivity contribution in [1.29, 1.82) is 0 Å². The Kier molecular flexibility index (Phi) is 2.64. The van der Waals surface area contributed by atoms with E-state index in [1.807, 2.05) is 72.6 Å². The largest absolute Gasteiger partial charge is 0.432 e. The van der Waals surface area contributed by atoms with Gasteiger partial charge in [-0.05, 0) is 23.8 Å². The Balaban J connectivity index is 1.95. The number of anilines is 1. The molecule has 18 heavy (non-hydrogen) atoms. The van der Waals surface area contributed by atoms with Crippen LogP contribution in [0.1, 0.15) is 5.56 Å². The van der Waals surface area contributed by atoms with Gasteiger partial charge in [0, 0.05) is 7.05 Å². The van der Waals surface area contributed by atoms with E-state index in [-0.39, 0.29) is 0 Å². The first-order valence-corrected chi connectivity index (χ1v) is 5.87. The molecule has 1 aliphatic heterocycles. The zero-order chi connectivity index (χ0) is 12.4. The van der Waals surface area contributed by atoms with Crippen LogP contribution >= 0.6 is 0 Å². The van der Waals surface area contributed by atoms with E-state index in [1.54, 1.807) is 0 Å². The number of benzene rings is 2. The molecule has 88 valence electrons. The Morgan fingerprint density at radius 3 is 2.50 bits per heavy atom. The van der Waals surface area contributed by atoms with Crippen LogP contribution in [0.2, 0.25) is 0 Å². The fourth-order valence-corrected chi connectivity index (χ4v) is 1.92. The number of rotatable bonds is 1. The third-order valence-corrected chi connectivity index (χ3v) is 2.90. The quantitative estimate of drug-likeness (QED) is 0.699. The average Bonchev–Trinajstić information content (AvgIpc) is 2.75. The lowest BCUT2D eigenvalue weighted by Crippen LogP contribution is -2.12. The van der Waals surface area contributed by atoms with Gasteiger partial charge >= 0.3 is 0 Å². The molecule has 3 rings (SSSR count). The smallest absolute Gasteiger partial charge is 0.246 e. The zero-order valence-electron chi connectivity index (χ0n) is 10.1. The number of hydrogen-bond acceptors (Lipinski definition) is 2. The van der Waals surface area contributed by atoms with Crippen molar-refractivity contribution in [2.24, 2.45) is 0 Å². The monoisotopic (exact) mass is 235 g/mol. The molecule has 1 aliphatic rings. The van der Waals surface area contributed by atoms with Crippen molar-refractivity contribution in [3.05, 3.63) is 71.8 Å². The minimum Gasteiger partial charge on any atom is -0.432 e. The summed E-state index contributed by atoms with van der Waals surface area (Å²) in [5.41, 5.74) is 5.37. The van der Waals surface area contributed by atoms with Crippen LogP contribution in [0, 0.1) is 0 Å². The van der Waals surface area contributed by atoms with Crippen LogP contribution in [0.5, 0.6) is 5.75 Å². The Morgan fingerprint density at radius 1 is 1.00 bits per heavy atom. The van der Waals surface area contributed by atoms with Crippen molar-refractivity contribution in [2.75, 3.05) is 11.9 Å². The van der Waals surface area contributed by atoms with Gasteiger partial charge in [-0.3, -0.25) is 0 Å². The van der Waals surface area contributed by atoms with Crippen LogP contribution < -0.4 is 9.64 Å². The van der Waals surface area contributed by atoms with Crippen LogP contribution in [0.15, 0.2) is 66.2 Å². The van der Waals surface area contributed by atoms with Gasteiger partial charge in [0.1, 0.15) is 0 Å². The second kappa shape index (κ2) is 4.44. The van der Waals surface area contributed by atoms with Crippen LogP contribution in [0.25, 0.3) is 6.08 Å². The maximum Gasteiger partial charge on any atom is 0.246 e. The molecule has 0 bridgehead atoms. The highest BCUT2D eigenvalue weighted by Crippen LogP contribution is 2.36. The molecule has 0 atom stereocenters. The van der Waals surface area contributed by atoms with Gasteiger partial charge < -0.3 is 9.64 Å². The Morgan fingerprint density at radius 2 is 1.72 bits per heavy atom. The zero-order valence-corrected chi connectivity index (χ0v) is 10.1. The molecule has 0 fully saturated rings. The highest BCUT2D eigenvalue weighted by Gasteiger charge is 2.21. The molecule has 0 aliphatic carbocycles. The first-order chi connectivity index (χ1) is 8.84. The van der Waals surface area contributed by atoms with E-state index in [0.717, 1.165) is 22.9 Å². The van der Waals surface area contributed by atoms with Crippen molar-refractivity contribution >= 4 is 11.8 Å². The predicted octanol–water partition coefficient (Wildman–Crippen LogP) is 3.67. The molecule has 2 aromatic rings. The van der Waals surface area contributed by atoms with Gasteiger partial charge in [-0.25, -0.2) is 0 Å². The molecule has 2 heteroatoms. The van der Waals surface area contributed by atoms with Gasteiger partial charge in [-0.1, -0.05) is 48.2 Å². The van der Waals surface area contributed by atoms with Crippen LogP contribution in [0.4, 0.5) is 5.69 Å². The fourth-order valence-electron chi connectivity index (χ4n) is 1.92. The van der Waals surface area contributed by atoms with E-state index >= 15 is 0 Å². The van der Waals surface area contributed by atoms with Crippen molar-refractivity contribution in [3.8, 4) is 5.75 Å². The Hall–Kier alpha value is -2.44. The van der Waals surface area contributed by atoms with E-state index < -0.39 is 0 Å². The Bertz CT molecular complexity index is 625. The molecular weight excluding hydrogens is 222 g/mol. The SMILES string of the molecule is CN1C(=C=Cc2ccccc2)Oc2ccccc21. The summed E-state index contributed by atoms with van der Waals surface area (Å²) in [5.74, 6) is 1.60. The summed E-state index contributed by atoms with van der Waals surface area (Å²) in [6, 6.07) is 18.1. The summed E-state index contributed by atoms with van der Waals surface area (Å²) >= 11 is 0. The molecule has 0 amide bonds. The van der Waals surface area contributed by atoms with Gasteiger partial charge in [-0.15, -0.1) is 0 Å². The topological polar surface area (TPSA) is 12.5 Å². The molecule has 0 aromatic heterocycles. The maximum atomic E-state index is 5.74. The Labute approximate surface area is 106 Å². The lowest BCUT2D eigenvalue weighted by Gasteiger charge is -2.07. The summed E-state index contributed by atoms with van der Waals surface area (Å²) in [4.78, 5) is 1.99. The summed E-state index contributed by atoms with van der Waals surface area (Å²) in [7, 11) is 1.98. The predicted molar refractivity (Wildman–Crippen MR) is 73.4 cm³/mol. The first kappa shape index (κ1) is 10.7. The summed E-state index contributed by atoms with van der Waals surface area (Å²) < 4.78 is 5.74. The molecule has 0 unspecified atom stereocenters.